The number of fused-ring (bicyclic) bond motifs is 1. The van der Waals surface area contributed by atoms with Gasteiger partial charge in [-0.3, -0.25) is 4.79 Å². The number of carbonyl (C=O) groups is 1. The summed E-state index contributed by atoms with van der Waals surface area (Å²) in [5.74, 6) is 0.806. The highest BCUT2D eigenvalue weighted by molar-refractivity contribution is 5.81. The van der Waals surface area contributed by atoms with Gasteiger partial charge in [0.15, 0.2) is 17.7 Å². The quantitative estimate of drug-likeness (QED) is 0.858. The zero-order chi connectivity index (χ0) is 19.5. The first-order chi connectivity index (χ1) is 13.7. The maximum atomic E-state index is 13.9. The van der Waals surface area contributed by atoms with Crippen LogP contribution in [0.5, 0.6) is 5.75 Å². The fourth-order valence-electron chi connectivity index (χ4n) is 3.80. The molecule has 0 unspecified atom stereocenters. The first kappa shape index (κ1) is 18.8. The van der Waals surface area contributed by atoms with E-state index in [1.165, 1.54) is 6.07 Å². The topological polar surface area (TPSA) is 67.3 Å². The SMILES string of the molecule is CC[C@H](Oc1ccccc1F)C(=O)N1CCc2nc([C@@H]3CCNC3)ncc2C1. The Labute approximate surface area is 164 Å². The Morgan fingerprint density at radius 3 is 3.04 bits per heavy atom. The highest BCUT2D eigenvalue weighted by Gasteiger charge is 2.30. The summed E-state index contributed by atoms with van der Waals surface area (Å²) in [7, 11) is 0. The van der Waals surface area contributed by atoms with Crippen LogP contribution in [0.3, 0.4) is 0 Å². The third-order valence-electron chi connectivity index (χ3n) is 5.44. The molecule has 28 heavy (non-hydrogen) atoms. The van der Waals surface area contributed by atoms with E-state index >= 15 is 0 Å². The van der Waals surface area contributed by atoms with Gasteiger partial charge in [-0.15, -0.1) is 0 Å². The molecule has 148 valence electrons. The van der Waals surface area contributed by atoms with E-state index in [1.807, 2.05) is 13.1 Å². The zero-order valence-electron chi connectivity index (χ0n) is 16.0. The van der Waals surface area contributed by atoms with Crippen molar-refractivity contribution in [3.05, 3.63) is 53.4 Å². The van der Waals surface area contributed by atoms with E-state index < -0.39 is 11.9 Å². The van der Waals surface area contributed by atoms with Crippen molar-refractivity contribution in [1.29, 1.82) is 0 Å². The molecule has 1 amide bonds. The predicted octanol–water partition coefficient (Wildman–Crippen LogP) is 2.43. The van der Waals surface area contributed by atoms with Crippen LogP contribution in [0.4, 0.5) is 4.39 Å². The van der Waals surface area contributed by atoms with Gasteiger partial charge in [0.25, 0.3) is 5.91 Å². The Morgan fingerprint density at radius 2 is 2.29 bits per heavy atom. The molecular formula is C21H25FN4O2. The number of hydrogen-bond acceptors (Lipinski definition) is 5. The molecule has 0 saturated carbocycles. The fraction of sp³-hybridized carbons (Fsp3) is 0.476. The molecule has 1 aromatic heterocycles. The molecular weight excluding hydrogens is 359 g/mol. The van der Waals surface area contributed by atoms with Crippen LogP contribution in [-0.2, 0) is 17.8 Å². The monoisotopic (exact) mass is 384 g/mol. The van der Waals surface area contributed by atoms with E-state index in [1.54, 1.807) is 23.1 Å². The molecule has 6 nitrogen and oxygen atoms in total. The van der Waals surface area contributed by atoms with Gasteiger partial charge in [-0.25, -0.2) is 14.4 Å². The summed E-state index contributed by atoms with van der Waals surface area (Å²) in [5.41, 5.74) is 2.01. The number of para-hydroxylation sites is 1. The number of nitrogens with one attached hydrogen (secondary N) is 1. The zero-order valence-corrected chi connectivity index (χ0v) is 16.0. The standard InChI is InChI=1S/C21H25FN4O2/c1-2-18(28-19-6-4-3-5-16(19)22)21(27)26-10-8-17-15(13-26)12-24-20(25-17)14-7-9-23-11-14/h3-6,12,14,18,23H,2,7-11,13H2,1H3/t14-,18+/m1/s1. The lowest BCUT2D eigenvalue weighted by Crippen LogP contribution is -2.44. The van der Waals surface area contributed by atoms with Crippen LogP contribution >= 0.6 is 0 Å². The molecule has 7 heteroatoms. The van der Waals surface area contributed by atoms with E-state index in [4.69, 9.17) is 9.72 Å². The summed E-state index contributed by atoms with van der Waals surface area (Å²) >= 11 is 0. The highest BCUT2D eigenvalue weighted by atomic mass is 19.1. The minimum absolute atomic E-state index is 0.109. The molecule has 0 aliphatic carbocycles. The molecule has 2 aliphatic rings. The van der Waals surface area contributed by atoms with Gasteiger partial charge in [-0.2, -0.15) is 0 Å². The molecule has 1 N–H and O–H groups in total. The van der Waals surface area contributed by atoms with Gasteiger partial charge < -0.3 is 15.0 Å². The Bertz CT molecular complexity index is 854. The largest absolute Gasteiger partial charge is 0.478 e. The molecule has 1 saturated heterocycles. The number of hydrogen-bond donors (Lipinski definition) is 1. The first-order valence-corrected chi connectivity index (χ1v) is 9.91. The van der Waals surface area contributed by atoms with Gasteiger partial charge in [0.1, 0.15) is 5.82 Å². The van der Waals surface area contributed by atoms with Gasteiger partial charge in [0.05, 0.1) is 5.69 Å². The number of benzene rings is 1. The van der Waals surface area contributed by atoms with Crippen molar-refractivity contribution in [3.63, 3.8) is 0 Å². The summed E-state index contributed by atoms with van der Waals surface area (Å²) in [5, 5.41) is 3.34. The van der Waals surface area contributed by atoms with Crippen LogP contribution < -0.4 is 10.1 Å². The predicted molar refractivity (Wildman–Crippen MR) is 102 cm³/mol. The number of carbonyl (C=O) groups excluding carboxylic acids is 1. The lowest BCUT2D eigenvalue weighted by atomic mass is 10.0. The second-order valence-electron chi connectivity index (χ2n) is 7.34. The van der Waals surface area contributed by atoms with Crippen molar-refractivity contribution in [1.82, 2.24) is 20.2 Å². The lowest BCUT2D eigenvalue weighted by Gasteiger charge is -2.31. The van der Waals surface area contributed by atoms with Crippen LogP contribution in [0.1, 0.15) is 42.8 Å². The van der Waals surface area contributed by atoms with Crippen LogP contribution in [0.2, 0.25) is 0 Å². The summed E-state index contributed by atoms with van der Waals surface area (Å²) in [6.07, 6.45) is 3.39. The number of amides is 1. The van der Waals surface area contributed by atoms with E-state index in [9.17, 15) is 9.18 Å². The summed E-state index contributed by atoms with van der Waals surface area (Å²) in [6.45, 7) is 4.85. The normalized spacial score (nSPS) is 19.9. The minimum atomic E-state index is -0.705. The molecule has 2 aliphatic heterocycles. The first-order valence-electron chi connectivity index (χ1n) is 9.91. The molecule has 0 radical (unpaired) electrons. The van der Waals surface area contributed by atoms with Crippen molar-refractivity contribution < 1.29 is 13.9 Å². The van der Waals surface area contributed by atoms with Crippen molar-refractivity contribution in [2.24, 2.45) is 0 Å². The summed E-state index contributed by atoms with van der Waals surface area (Å²) < 4.78 is 19.6. The molecule has 1 fully saturated rings. The molecule has 1 aromatic carbocycles. The van der Waals surface area contributed by atoms with Crippen molar-refractivity contribution in [2.45, 2.75) is 44.8 Å². The average molecular weight is 384 g/mol. The molecule has 0 spiro atoms. The van der Waals surface area contributed by atoms with Crippen molar-refractivity contribution in [3.8, 4) is 5.75 Å². The van der Waals surface area contributed by atoms with E-state index in [0.717, 1.165) is 36.6 Å². The van der Waals surface area contributed by atoms with E-state index in [2.05, 4.69) is 10.3 Å². The van der Waals surface area contributed by atoms with Gasteiger partial charge >= 0.3 is 0 Å². The van der Waals surface area contributed by atoms with Crippen molar-refractivity contribution >= 4 is 5.91 Å². The Balaban J connectivity index is 1.45. The third-order valence-corrected chi connectivity index (χ3v) is 5.44. The summed E-state index contributed by atoms with van der Waals surface area (Å²) in [6, 6.07) is 6.17. The Morgan fingerprint density at radius 1 is 1.43 bits per heavy atom. The molecule has 4 rings (SSSR count). The van der Waals surface area contributed by atoms with E-state index in [0.29, 0.717) is 31.8 Å². The molecule has 2 aromatic rings. The number of aromatic nitrogens is 2. The van der Waals surface area contributed by atoms with Crippen LogP contribution in [0.25, 0.3) is 0 Å². The maximum Gasteiger partial charge on any atom is 0.263 e. The van der Waals surface area contributed by atoms with Crippen LogP contribution in [0, 0.1) is 5.82 Å². The summed E-state index contributed by atoms with van der Waals surface area (Å²) in [4.78, 5) is 24.0. The number of halogens is 1. The molecule has 3 heterocycles. The third kappa shape index (κ3) is 3.85. The molecule has 2 atom stereocenters. The van der Waals surface area contributed by atoms with Gasteiger partial charge in [0, 0.05) is 43.7 Å². The smallest absolute Gasteiger partial charge is 0.263 e. The van der Waals surface area contributed by atoms with Crippen LogP contribution in [0.15, 0.2) is 30.5 Å². The molecule has 0 bridgehead atoms. The van der Waals surface area contributed by atoms with Crippen molar-refractivity contribution in [2.75, 3.05) is 19.6 Å². The Kier molecular flexibility index (Phi) is 5.52. The lowest BCUT2D eigenvalue weighted by molar-refractivity contribution is -0.140. The fourth-order valence-corrected chi connectivity index (χ4v) is 3.80. The van der Waals surface area contributed by atoms with Gasteiger partial charge in [0.2, 0.25) is 0 Å². The van der Waals surface area contributed by atoms with Crippen LogP contribution in [-0.4, -0.2) is 46.5 Å². The maximum absolute atomic E-state index is 13.9. The number of ether oxygens (including phenoxy) is 1. The minimum Gasteiger partial charge on any atom is -0.478 e. The van der Waals surface area contributed by atoms with Gasteiger partial charge in [-0.05, 0) is 31.5 Å². The van der Waals surface area contributed by atoms with Gasteiger partial charge in [-0.1, -0.05) is 19.1 Å². The average Bonchev–Trinajstić information content (AvgIpc) is 3.27. The highest BCUT2D eigenvalue weighted by Crippen LogP contribution is 2.24. The number of nitrogens with zero attached hydrogens (tertiary/aromatic N) is 3. The second-order valence-corrected chi connectivity index (χ2v) is 7.34. The van der Waals surface area contributed by atoms with E-state index in [-0.39, 0.29) is 11.7 Å². The Hall–Kier alpha value is -2.54. The number of rotatable bonds is 5. The second kappa shape index (κ2) is 8.22.